The Morgan fingerprint density at radius 1 is 1.19 bits per heavy atom. The van der Waals surface area contributed by atoms with Crippen molar-refractivity contribution in [2.75, 3.05) is 6.26 Å². The Bertz CT molecular complexity index is 514. The first-order valence-corrected chi connectivity index (χ1v) is 6.65. The largest absolute Gasteiger partial charge is 0.311 e. The van der Waals surface area contributed by atoms with Gasteiger partial charge in [0.25, 0.3) is 0 Å². The van der Waals surface area contributed by atoms with Crippen LogP contribution in [-0.2, 0) is 10.8 Å². The fourth-order valence-corrected chi connectivity index (χ4v) is 2.19. The summed E-state index contributed by atoms with van der Waals surface area (Å²) in [4.78, 5) is 0. The zero-order valence-corrected chi connectivity index (χ0v) is 11.0. The molecule has 2 aromatic rings. The van der Waals surface area contributed by atoms with Crippen molar-refractivity contribution in [2.24, 2.45) is 0 Å². The molecule has 0 radical (unpaired) electrons. The second kappa shape index (κ2) is 5.28. The second-order valence-electron chi connectivity index (χ2n) is 3.35. The fraction of sp³-hybridized carbons (Fsp3) is 0.167. The van der Waals surface area contributed by atoms with Crippen molar-refractivity contribution >= 4 is 46.0 Å². The van der Waals surface area contributed by atoms with Crippen molar-refractivity contribution in [2.45, 2.75) is 6.61 Å². The van der Waals surface area contributed by atoms with Crippen LogP contribution in [0.3, 0.4) is 0 Å². The lowest BCUT2D eigenvalue weighted by molar-refractivity contribution is 0.366. The topological polar surface area (TPSA) is 9.23 Å². The third-order valence-electron chi connectivity index (χ3n) is 2.31. The first-order chi connectivity index (χ1) is 7.72. The molecule has 0 unspecified atom stereocenters. The van der Waals surface area contributed by atoms with Crippen molar-refractivity contribution in [1.82, 2.24) is 0 Å². The molecule has 0 aliphatic rings. The average molecular weight is 273 g/mol. The van der Waals surface area contributed by atoms with Crippen LogP contribution >= 0.6 is 35.2 Å². The van der Waals surface area contributed by atoms with Crippen LogP contribution in [0.25, 0.3) is 10.8 Å². The molecular weight excluding hydrogens is 263 g/mol. The van der Waals surface area contributed by atoms with Crippen LogP contribution in [0.1, 0.15) is 5.56 Å². The van der Waals surface area contributed by atoms with Gasteiger partial charge in [-0.25, -0.2) is 0 Å². The summed E-state index contributed by atoms with van der Waals surface area (Å²) in [7, 11) is 0. The molecule has 1 nitrogen and oxygen atoms in total. The molecule has 16 heavy (non-hydrogen) atoms. The molecule has 0 fully saturated rings. The summed E-state index contributed by atoms with van der Waals surface area (Å²) in [6.45, 7) is 0.595. The lowest BCUT2D eigenvalue weighted by Gasteiger charge is -2.05. The van der Waals surface area contributed by atoms with Crippen LogP contribution in [-0.4, -0.2) is 6.26 Å². The molecule has 0 spiro atoms. The van der Waals surface area contributed by atoms with Gasteiger partial charge in [-0.05, 0) is 35.1 Å². The quantitative estimate of drug-likeness (QED) is 0.732. The number of benzene rings is 2. The van der Waals surface area contributed by atoms with E-state index >= 15 is 0 Å². The van der Waals surface area contributed by atoms with Crippen molar-refractivity contribution < 1.29 is 4.18 Å². The van der Waals surface area contributed by atoms with E-state index in [1.807, 2.05) is 30.5 Å². The van der Waals surface area contributed by atoms with Crippen LogP contribution < -0.4 is 0 Å². The Hall–Kier alpha value is -0.410. The molecule has 0 N–H and O–H groups in total. The third kappa shape index (κ3) is 2.46. The highest BCUT2D eigenvalue weighted by Crippen LogP contribution is 2.31. The third-order valence-corrected chi connectivity index (χ3v) is 3.49. The van der Waals surface area contributed by atoms with Gasteiger partial charge < -0.3 is 4.18 Å². The van der Waals surface area contributed by atoms with Crippen molar-refractivity contribution in [3.8, 4) is 0 Å². The molecule has 0 saturated carbocycles. The predicted octanol–water partition coefficient (Wildman–Crippen LogP) is 4.94. The molecule has 2 aromatic carbocycles. The minimum Gasteiger partial charge on any atom is -0.311 e. The van der Waals surface area contributed by atoms with Gasteiger partial charge in [-0.1, -0.05) is 41.4 Å². The molecular formula is C12H10Cl2OS. The summed E-state index contributed by atoms with van der Waals surface area (Å²) in [6.07, 6.45) is 1.90. The van der Waals surface area contributed by atoms with Gasteiger partial charge in [-0.2, -0.15) is 0 Å². The van der Waals surface area contributed by atoms with Gasteiger partial charge in [0.1, 0.15) is 0 Å². The number of fused-ring (bicyclic) bond motifs is 1. The Morgan fingerprint density at radius 2 is 2.00 bits per heavy atom. The van der Waals surface area contributed by atoms with E-state index in [1.54, 1.807) is 0 Å². The SMILES string of the molecule is CSOCc1ccc2c(Cl)c(Cl)ccc2c1. The van der Waals surface area contributed by atoms with Gasteiger partial charge >= 0.3 is 0 Å². The van der Waals surface area contributed by atoms with Gasteiger partial charge in [-0.3, -0.25) is 0 Å². The van der Waals surface area contributed by atoms with Crippen molar-refractivity contribution in [3.63, 3.8) is 0 Å². The first-order valence-electron chi connectivity index (χ1n) is 4.74. The lowest BCUT2D eigenvalue weighted by Crippen LogP contribution is -1.86. The minimum atomic E-state index is 0.585. The molecule has 0 saturated heterocycles. The summed E-state index contributed by atoms with van der Waals surface area (Å²) in [5, 5.41) is 3.25. The highest BCUT2D eigenvalue weighted by molar-refractivity contribution is 7.93. The summed E-state index contributed by atoms with van der Waals surface area (Å²) < 4.78 is 5.28. The number of halogens is 2. The molecule has 0 atom stereocenters. The normalized spacial score (nSPS) is 10.9. The van der Waals surface area contributed by atoms with Crippen LogP contribution in [0.2, 0.25) is 10.0 Å². The molecule has 84 valence electrons. The summed E-state index contributed by atoms with van der Waals surface area (Å²) in [5.41, 5.74) is 1.13. The Kier molecular flexibility index (Phi) is 3.98. The van der Waals surface area contributed by atoms with Gasteiger partial charge in [0.05, 0.1) is 16.7 Å². The zero-order valence-electron chi connectivity index (χ0n) is 8.67. The van der Waals surface area contributed by atoms with E-state index in [0.717, 1.165) is 16.3 Å². The van der Waals surface area contributed by atoms with Gasteiger partial charge in [0.2, 0.25) is 0 Å². The average Bonchev–Trinajstić information content (AvgIpc) is 2.31. The maximum Gasteiger partial charge on any atom is 0.0864 e. The van der Waals surface area contributed by atoms with E-state index in [-0.39, 0.29) is 0 Å². The lowest BCUT2D eigenvalue weighted by atomic mass is 10.1. The molecule has 0 aromatic heterocycles. The van der Waals surface area contributed by atoms with Crippen molar-refractivity contribution in [1.29, 1.82) is 0 Å². The molecule has 0 heterocycles. The van der Waals surface area contributed by atoms with E-state index < -0.39 is 0 Å². The van der Waals surface area contributed by atoms with Crippen LogP contribution in [0.15, 0.2) is 30.3 Å². The first kappa shape index (κ1) is 12.1. The number of rotatable bonds is 3. The molecule has 0 aliphatic carbocycles. The number of hydrogen-bond donors (Lipinski definition) is 0. The van der Waals surface area contributed by atoms with E-state index in [0.29, 0.717) is 16.7 Å². The number of hydrogen-bond acceptors (Lipinski definition) is 2. The smallest absolute Gasteiger partial charge is 0.0864 e. The predicted molar refractivity (Wildman–Crippen MR) is 72.3 cm³/mol. The van der Waals surface area contributed by atoms with E-state index in [2.05, 4.69) is 6.07 Å². The maximum atomic E-state index is 6.12. The molecule has 4 heteroatoms. The molecule has 0 aliphatic heterocycles. The Balaban J connectivity index is 2.44. The van der Waals surface area contributed by atoms with Crippen LogP contribution in [0.5, 0.6) is 0 Å². The van der Waals surface area contributed by atoms with Crippen LogP contribution in [0.4, 0.5) is 0 Å². The summed E-state index contributed by atoms with van der Waals surface area (Å²) in [6, 6.07) is 9.81. The summed E-state index contributed by atoms with van der Waals surface area (Å²) >= 11 is 13.4. The monoisotopic (exact) mass is 272 g/mol. The molecule has 2 rings (SSSR count). The molecule has 0 bridgehead atoms. The van der Waals surface area contributed by atoms with E-state index in [4.69, 9.17) is 27.4 Å². The summed E-state index contributed by atoms with van der Waals surface area (Å²) in [5.74, 6) is 0. The molecule has 0 amide bonds. The van der Waals surface area contributed by atoms with Gasteiger partial charge in [0, 0.05) is 11.6 Å². The van der Waals surface area contributed by atoms with E-state index in [1.165, 1.54) is 12.0 Å². The fourth-order valence-electron chi connectivity index (χ4n) is 1.53. The second-order valence-corrected chi connectivity index (χ2v) is 4.70. The Labute approximate surface area is 109 Å². The maximum absolute atomic E-state index is 6.12. The van der Waals surface area contributed by atoms with Crippen LogP contribution in [0, 0.1) is 0 Å². The van der Waals surface area contributed by atoms with Gasteiger partial charge in [-0.15, -0.1) is 0 Å². The standard InChI is InChI=1S/C12H10Cl2OS/c1-16-15-7-8-2-4-10-9(6-8)3-5-11(13)12(10)14/h2-6H,7H2,1H3. The highest BCUT2D eigenvalue weighted by Gasteiger charge is 2.04. The Morgan fingerprint density at radius 3 is 2.75 bits per heavy atom. The zero-order chi connectivity index (χ0) is 11.5. The minimum absolute atomic E-state index is 0.585. The van der Waals surface area contributed by atoms with Crippen molar-refractivity contribution in [3.05, 3.63) is 45.9 Å². The van der Waals surface area contributed by atoms with E-state index in [9.17, 15) is 0 Å². The highest BCUT2D eigenvalue weighted by atomic mass is 35.5. The van der Waals surface area contributed by atoms with Gasteiger partial charge in [0.15, 0.2) is 0 Å².